The van der Waals surface area contributed by atoms with Crippen molar-refractivity contribution in [3.05, 3.63) is 34.9 Å². The van der Waals surface area contributed by atoms with Crippen molar-refractivity contribution in [3.63, 3.8) is 0 Å². The Bertz CT molecular complexity index is 558. The van der Waals surface area contributed by atoms with Crippen molar-refractivity contribution in [2.45, 2.75) is 34.1 Å². The second kappa shape index (κ2) is 6.95. The number of piperazine rings is 1. The summed E-state index contributed by atoms with van der Waals surface area (Å²) in [5, 5.41) is 0. The van der Waals surface area contributed by atoms with Crippen molar-refractivity contribution in [2.24, 2.45) is 5.92 Å². The van der Waals surface area contributed by atoms with Crippen LogP contribution in [0, 0.1) is 19.8 Å². The van der Waals surface area contributed by atoms with Crippen molar-refractivity contribution in [3.8, 4) is 0 Å². The van der Waals surface area contributed by atoms with Crippen molar-refractivity contribution in [1.29, 1.82) is 0 Å². The lowest BCUT2D eigenvalue weighted by Crippen LogP contribution is -2.50. The van der Waals surface area contributed by atoms with Gasteiger partial charge in [-0.2, -0.15) is 0 Å². The van der Waals surface area contributed by atoms with Gasteiger partial charge in [-0.1, -0.05) is 19.9 Å². The molecule has 120 valence electrons. The molecule has 1 aromatic carbocycles. The summed E-state index contributed by atoms with van der Waals surface area (Å²) in [6.45, 7) is 10.7. The molecule has 1 heterocycles. The Labute approximate surface area is 133 Å². The zero-order valence-corrected chi connectivity index (χ0v) is 14.1. The average molecular weight is 302 g/mol. The van der Waals surface area contributed by atoms with Crippen molar-refractivity contribution in [2.75, 3.05) is 26.2 Å². The zero-order chi connectivity index (χ0) is 16.3. The third-order valence-electron chi connectivity index (χ3n) is 4.26. The Balaban J connectivity index is 1.95. The van der Waals surface area contributed by atoms with Crippen LogP contribution in [0.2, 0.25) is 0 Å². The Morgan fingerprint density at radius 2 is 1.59 bits per heavy atom. The molecule has 0 saturated carbocycles. The predicted octanol–water partition coefficient (Wildman–Crippen LogP) is 2.63. The lowest BCUT2D eigenvalue weighted by molar-refractivity contribution is -0.133. The molecule has 22 heavy (non-hydrogen) atoms. The van der Waals surface area contributed by atoms with Gasteiger partial charge >= 0.3 is 0 Å². The number of hydrogen-bond donors (Lipinski definition) is 0. The molecule has 0 aliphatic carbocycles. The van der Waals surface area contributed by atoms with E-state index >= 15 is 0 Å². The van der Waals surface area contributed by atoms with E-state index in [2.05, 4.69) is 13.8 Å². The van der Waals surface area contributed by atoms with E-state index < -0.39 is 0 Å². The fraction of sp³-hybridized carbons (Fsp3) is 0.556. The van der Waals surface area contributed by atoms with Gasteiger partial charge in [-0.3, -0.25) is 9.59 Å². The molecule has 1 aliphatic heterocycles. The van der Waals surface area contributed by atoms with Gasteiger partial charge < -0.3 is 9.80 Å². The molecular weight excluding hydrogens is 276 g/mol. The number of carbonyl (C=O) groups is 2. The van der Waals surface area contributed by atoms with Crippen LogP contribution >= 0.6 is 0 Å². The molecule has 4 nitrogen and oxygen atoms in total. The molecule has 0 bridgehead atoms. The van der Waals surface area contributed by atoms with Crippen LogP contribution in [0.3, 0.4) is 0 Å². The van der Waals surface area contributed by atoms with E-state index in [0.29, 0.717) is 38.5 Å². The third-order valence-corrected chi connectivity index (χ3v) is 4.26. The van der Waals surface area contributed by atoms with Crippen LogP contribution in [0.5, 0.6) is 0 Å². The van der Waals surface area contributed by atoms with E-state index in [1.807, 2.05) is 41.8 Å². The molecule has 2 rings (SSSR count). The van der Waals surface area contributed by atoms with Gasteiger partial charge in [0.15, 0.2) is 0 Å². The summed E-state index contributed by atoms with van der Waals surface area (Å²) in [6.07, 6.45) is 0.588. The molecule has 2 amide bonds. The quantitative estimate of drug-likeness (QED) is 0.861. The molecule has 1 fully saturated rings. The number of benzene rings is 1. The van der Waals surface area contributed by atoms with Crippen molar-refractivity contribution >= 4 is 11.8 Å². The van der Waals surface area contributed by atoms with E-state index in [1.54, 1.807) is 0 Å². The van der Waals surface area contributed by atoms with Gasteiger partial charge in [-0.15, -0.1) is 0 Å². The summed E-state index contributed by atoms with van der Waals surface area (Å²) in [5.74, 6) is 0.648. The molecule has 0 aromatic heterocycles. The number of carbonyl (C=O) groups excluding carboxylic acids is 2. The maximum atomic E-state index is 12.5. The fourth-order valence-corrected chi connectivity index (χ4v) is 2.69. The number of amides is 2. The maximum Gasteiger partial charge on any atom is 0.253 e. The minimum atomic E-state index is 0.0686. The highest BCUT2D eigenvalue weighted by Crippen LogP contribution is 2.14. The van der Waals surface area contributed by atoms with Crippen molar-refractivity contribution < 1.29 is 9.59 Å². The van der Waals surface area contributed by atoms with Crippen molar-refractivity contribution in [1.82, 2.24) is 9.80 Å². The van der Waals surface area contributed by atoms with Gasteiger partial charge in [0, 0.05) is 38.2 Å². The molecule has 0 spiro atoms. The minimum Gasteiger partial charge on any atom is -0.339 e. The van der Waals surface area contributed by atoms with Crippen LogP contribution < -0.4 is 0 Å². The summed E-state index contributed by atoms with van der Waals surface area (Å²) in [6, 6.07) is 5.83. The first-order chi connectivity index (χ1) is 10.4. The molecule has 1 aliphatic rings. The summed E-state index contributed by atoms with van der Waals surface area (Å²) < 4.78 is 0. The highest BCUT2D eigenvalue weighted by atomic mass is 16.2. The largest absolute Gasteiger partial charge is 0.339 e. The van der Waals surface area contributed by atoms with Gasteiger partial charge in [0.1, 0.15) is 0 Å². The summed E-state index contributed by atoms with van der Waals surface area (Å²) >= 11 is 0. The standard InChI is InChI=1S/C18H26N2O2/c1-13(2)11-17(21)19-7-9-20(10-8-19)18(22)16-6-5-14(3)15(4)12-16/h5-6,12-13H,7-11H2,1-4H3. The van der Waals surface area contributed by atoms with Gasteiger partial charge in [0.25, 0.3) is 5.91 Å². The molecule has 0 N–H and O–H groups in total. The van der Waals surface area contributed by atoms with Gasteiger partial charge in [0.05, 0.1) is 0 Å². The molecule has 0 atom stereocenters. The maximum absolute atomic E-state index is 12.5. The van der Waals surface area contributed by atoms with E-state index in [0.717, 1.165) is 11.1 Å². The molecule has 1 saturated heterocycles. The first-order valence-corrected chi connectivity index (χ1v) is 8.02. The first kappa shape index (κ1) is 16.5. The highest BCUT2D eigenvalue weighted by molar-refractivity contribution is 5.94. The second-order valence-electron chi connectivity index (χ2n) is 6.57. The lowest BCUT2D eigenvalue weighted by atomic mass is 10.1. The Hall–Kier alpha value is -1.84. The Morgan fingerprint density at radius 3 is 2.14 bits per heavy atom. The summed E-state index contributed by atoms with van der Waals surface area (Å²) in [7, 11) is 0. The number of aryl methyl sites for hydroxylation is 2. The van der Waals surface area contributed by atoms with E-state index in [4.69, 9.17) is 0 Å². The summed E-state index contributed by atoms with van der Waals surface area (Å²) in [4.78, 5) is 28.3. The predicted molar refractivity (Wildman–Crippen MR) is 87.9 cm³/mol. The van der Waals surface area contributed by atoms with Crippen LogP contribution in [-0.4, -0.2) is 47.8 Å². The van der Waals surface area contributed by atoms with Gasteiger partial charge in [-0.05, 0) is 43.0 Å². The smallest absolute Gasteiger partial charge is 0.253 e. The Kier molecular flexibility index (Phi) is 5.22. The van der Waals surface area contributed by atoms with Crippen LogP contribution in [0.15, 0.2) is 18.2 Å². The minimum absolute atomic E-state index is 0.0686. The first-order valence-electron chi connectivity index (χ1n) is 8.02. The molecule has 1 aromatic rings. The zero-order valence-electron chi connectivity index (χ0n) is 14.1. The van der Waals surface area contributed by atoms with E-state index in [-0.39, 0.29) is 11.8 Å². The number of rotatable bonds is 3. The van der Waals surface area contributed by atoms with Crippen LogP contribution in [0.25, 0.3) is 0 Å². The molecule has 0 unspecified atom stereocenters. The van der Waals surface area contributed by atoms with Crippen LogP contribution in [0.1, 0.15) is 41.8 Å². The third kappa shape index (κ3) is 3.87. The average Bonchev–Trinajstić information content (AvgIpc) is 2.49. The second-order valence-corrected chi connectivity index (χ2v) is 6.57. The highest BCUT2D eigenvalue weighted by Gasteiger charge is 2.25. The summed E-state index contributed by atoms with van der Waals surface area (Å²) in [5.41, 5.74) is 3.07. The van der Waals surface area contributed by atoms with Gasteiger partial charge in [0.2, 0.25) is 5.91 Å². The number of nitrogens with zero attached hydrogens (tertiary/aromatic N) is 2. The van der Waals surface area contributed by atoms with Gasteiger partial charge in [-0.25, -0.2) is 0 Å². The van der Waals surface area contributed by atoms with Crippen LogP contribution in [0.4, 0.5) is 0 Å². The molecular formula is C18H26N2O2. The number of hydrogen-bond acceptors (Lipinski definition) is 2. The van der Waals surface area contributed by atoms with E-state index in [1.165, 1.54) is 5.56 Å². The fourth-order valence-electron chi connectivity index (χ4n) is 2.69. The SMILES string of the molecule is Cc1ccc(C(=O)N2CCN(C(=O)CC(C)C)CC2)cc1C. The normalized spacial score (nSPS) is 15.3. The molecule has 4 heteroatoms. The monoisotopic (exact) mass is 302 g/mol. The van der Waals surface area contributed by atoms with E-state index in [9.17, 15) is 9.59 Å². The lowest BCUT2D eigenvalue weighted by Gasteiger charge is -2.35. The molecule has 0 radical (unpaired) electrons. The Morgan fingerprint density at radius 1 is 1.00 bits per heavy atom. The topological polar surface area (TPSA) is 40.6 Å². The van der Waals surface area contributed by atoms with Crippen LogP contribution in [-0.2, 0) is 4.79 Å².